The maximum Gasteiger partial charge on any atom is 0.245 e. The van der Waals surface area contributed by atoms with E-state index in [1.165, 1.54) is 0 Å². The molecule has 1 atom stereocenters. The maximum atomic E-state index is 12.8. The van der Waals surface area contributed by atoms with Crippen molar-refractivity contribution in [1.29, 1.82) is 0 Å². The van der Waals surface area contributed by atoms with Gasteiger partial charge in [0.05, 0.1) is 22.8 Å². The summed E-state index contributed by atoms with van der Waals surface area (Å²) >= 11 is 3.46. The van der Waals surface area contributed by atoms with E-state index in [0.29, 0.717) is 6.42 Å². The Morgan fingerprint density at radius 3 is 2.48 bits per heavy atom. The number of benzene rings is 2. The van der Waals surface area contributed by atoms with Crippen LogP contribution < -0.4 is 0 Å². The molecule has 1 aliphatic heterocycles. The van der Waals surface area contributed by atoms with Crippen molar-refractivity contribution in [2.45, 2.75) is 26.3 Å². The van der Waals surface area contributed by atoms with Gasteiger partial charge in [0, 0.05) is 29.2 Å². The molecule has 6 heteroatoms. The summed E-state index contributed by atoms with van der Waals surface area (Å²) in [5.41, 5.74) is 4.63. The van der Waals surface area contributed by atoms with Crippen LogP contribution in [-0.4, -0.2) is 26.6 Å². The largest absolute Gasteiger partial charge is 0.273 e. The van der Waals surface area contributed by atoms with E-state index in [1.807, 2.05) is 56.3 Å². The molecule has 0 aliphatic carbocycles. The first-order chi connectivity index (χ1) is 13.0. The van der Waals surface area contributed by atoms with Crippen LogP contribution >= 0.6 is 15.9 Å². The average Bonchev–Trinajstić information content (AvgIpc) is 3.12. The van der Waals surface area contributed by atoms with Gasteiger partial charge >= 0.3 is 0 Å². The molecule has 2 aromatic carbocycles. The predicted octanol–water partition coefficient (Wildman–Crippen LogP) is 4.73. The zero-order valence-electron chi connectivity index (χ0n) is 15.1. The first-order valence-corrected chi connectivity index (χ1v) is 9.69. The number of hydrogen-bond acceptors (Lipinski definition) is 4. The van der Waals surface area contributed by atoms with Crippen LogP contribution in [0.1, 0.15) is 37.4 Å². The van der Waals surface area contributed by atoms with Crippen LogP contribution in [0.25, 0.3) is 11.0 Å². The van der Waals surface area contributed by atoms with E-state index < -0.39 is 0 Å². The molecular weight excluding hydrogens is 404 g/mol. The molecule has 2 heterocycles. The highest BCUT2D eigenvalue weighted by Gasteiger charge is 2.34. The lowest BCUT2D eigenvalue weighted by Crippen LogP contribution is -2.30. The number of hydrazone groups is 1. The highest BCUT2D eigenvalue weighted by molar-refractivity contribution is 9.10. The summed E-state index contributed by atoms with van der Waals surface area (Å²) in [6.07, 6.45) is 4.04. The molecule has 3 aromatic rings. The lowest BCUT2D eigenvalue weighted by Gasteiger charge is -2.23. The fourth-order valence-corrected chi connectivity index (χ4v) is 3.51. The number of rotatable bonds is 3. The fraction of sp³-hybridized carbons (Fsp3) is 0.238. The van der Waals surface area contributed by atoms with Gasteiger partial charge in [0.1, 0.15) is 0 Å². The van der Waals surface area contributed by atoms with Crippen LogP contribution in [0.4, 0.5) is 0 Å². The minimum absolute atomic E-state index is 0.0198. The van der Waals surface area contributed by atoms with Gasteiger partial charge in [-0.2, -0.15) is 5.10 Å². The summed E-state index contributed by atoms with van der Waals surface area (Å²) < 4.78 is 1.02. The van der Waals surface area contributed by atoms with Gasteiger partial charge in [-0.15, -0.1) is 0 Å². The molecular formula is C21H19BrN4O. The number of fused-ring (bicyclic) bond motifs is 1. The Balaban J connectivity index is 1.73. The SMILES string of the molecule is CC(C)C(=O)N1N=C(c2ccc(Br)cc2)CC1c1ccc2nccnc2c1. The Labute approximate surface area is 166 Å². The fourth-order valence-electron chi connectivity index (χ4n) is 3.24. The maximum absolute atomic E-state index is 12.8. The third-order valence-corrected chi connectivity index (χ3v) is 5.21. The second-order valence-electron chi connectivity index (χ2n) is 6.92. The predicted molar refractivity (Wildman–Crippen MR) is 109 cm³/mol. The number of hydrogen-bond donors (Lipinski definition) is 0. The first-order valence-electron chi connectivity index (χ1n) is 8.90. The van der Waals surface area contributed by atoms with Gasteiger partial charge in [0.25, 0.3) is 0 Å². The molecule has 0 N–H and O–H groups in total. The molecule has 0 spiro atoms. The van der Waals surface area contributed by atoms with E-state index in [2.05, 4.69) is 25.9 Å². The van der Waals surface area contributed by atoms with Crippen molar-refractivity contribution < 1.29 is 4.79 Å². The molecule has 136 valence electrons. The topological polar surface area (TPSA) is 58.5 Å². The zero-order chi connectivity index (χ0) is 19.0. The molecule has 4 rings (SSSR count). The molecule has 0 bridgehead atoms. The quantitative estimate of drug-likeness (QED) is 0.612. The van der Waals surface area contributed by atoms with Gasteiger partial charge < -0.3 is 0 Å². The molecule has 0 radical (unpaired) electrons. The van der Waals surface area contributed by atoms with E-state index in [1.54, 1.807) is 17.4 Å². The highest BCUT2D eigenvalue weighted by atomic mass is 79.9. The van der Waals surface area contributed by atoms with Gasteiger partial charge in [-0.05, 0) is 35.4 Å². The van der Waals surface area contributed by atoms with E-state index in [-0.39, 0.29) is 17.9 Å². The van der Waals surface area contributed by atoms with Crippen LogP contribution in [-0.2, 0) is 4.79 Å². The Bertz CT molecular complexity index is 1030. The Hall–Kier alpha value is -2.60. The minimum Gasteiger partial charge on any atom is -0.273 e. The third kappa shape index (κ3) is 3.49. The number of aromatic nitrogens is 2. The van der Waals surface area contributed by atoms with Gasteiger partial charge in [-0.25, -0.2) is 5.01 Å². The third-order valence-electron chi connectivity index (χ3n) is 4.69. The van der Waals surface area contributed by atoms with Crippen molar-refractivity contribution >= 4 is 38.6 Å². The Morgan fingerprint density at radius 2 is 1.78 bits per heavy atom. The van der Waals surface area contributed by atoms with Crippen molar-refractivity contribution in [1.82, 2.24) is 15.0 Å². The van der Waals surface area contributed by atoms with Gasteiger partial charge in [0.15, 0.2) is 0 Å². The lowest BCUT2D eigenvalue weighted by molar-refractivity contribution is -0.136. The van der Waals surface area contributed by atoms with Crippen molar-refractivity contribution in [3.8, 4) is 0 Å². The van der Waals surface area contributed by atoms with Crippen molar-refractivity contribution in [3.63, 3.8) is 0 Å². The molecule has 1 unspecified atom stereocenters. The number of nitrogens with zero attached hydrogens (tertiary/aromatic N) is 4. The number of carbonyl (C=O) groups excluding carboxylic acids is 1. The first kappa shape index (κ1) is 17.8. The van der Waals surface area contributed by atoms with Crippen LogP contribution in [0.15, 0.2) is 64.4 Å². The summed E-state index contributed by atoms with van der Waals surface area (Å²) in [5, 5.41) is 6.33. The Morgan fingerprint density at radius 1 is 1.07 bits per heavy atom. The molecule has 0 saturated heterocycles. The van der Waals surface area contributed by atoms with E-state index >= 15 is 0 Å². The summed E-state index contributed by atoms with van der Waals surface area (Å²) in [6.45, 7) is 3.80. The highest BCUT2D eigenvalue weighted by Crippen LogP contribution is 2.34. The standard InChI is InChI=1S/C21H19BrN4O/c1-13(2)21(27)26-20(12-18(25-26)14-3-6-16(22)7-4-14)15-5-8-17-19(11-15)24-10-9-23-17/h3-11,13,20H,12H2,1-2H3. The summed E-state index contributed by atoms with van der Waals surface area (Å²) in [4.78, 5) is 21.5. The Kier molecular flexibility index (Phi) is 4.74. The number of carbonyl (C=O) groups is 1. The number of halogens is 1. The zero-order valence-corrected chi connectivity index (χ0v) is 16.7. The van der Waals surface area contributed by atoms with Crippen LogP contribution in [0.5, 0.6) is 0 Å². The summed E-state index contributed by atoms with van der Waals surface area (Å²) in [5.74, 6) is -0.105. The van der Waals surface area contributed by atoms with E-state index in [9.17, 15) is 4.79 Å². The van der Waals surface area contributed by atoms with Gasteiger partial charge in [-0.1, -0.05) is 48.0 Å². The van der Waals surface area contributed by atoms with E-state index in [0.717, 1.165) is 32.3 Å². The summed E-state index contributed by atoms with van der Waals surface area (Å²) in [7, 11) is 0. The smallest absolute Gasteiger partial charge is 0.245 e. The number of amides is 1. The monoisotopic (exact) mass is 422 g/mol. The molecule has 1 aromatic heterocycles. The van der Waals surface area contributed by atoms with Crippen LogP contribution in [0.3, 0.4) is 0 Å². The normalized spacial score (nSPS) is 16.8. The molecule has 5 nitrogen and oxygen atoms in total. The van der Waals surface area contributed by atoms with Gasteiger partial charge in [-0.3, -0.25) is 14.8 Å². The molecule has 0 saturated carbocycles. The molecule has 0 fully saturated rings. The molecule has 1 amide bonds. The van der Waals surface area contributed by atoms with Crippen molar-refractivity contribution in [2.75, 3.05) is 0 Å². The van der Waals surface area contributed by atoms with E-state index in [4.69, 9.17) is 5.10 Å². The second-order valence-corrected chi connectivity index (χ2v) is 7.83. The molecule has 1 aliphatic rings. The minimum atomic E-state index is -0.134. The van der Waals surface area contributed by atoms with Crippen LogP contribution in [0, 0.1) is 5.92 Å². The summed E-state index contributed by atoms with van der Waals surface area (Å²) in [6, 6.07) is 13.9. The van der Waals surface area contributed by atoms with Crippen molar-refractivity contribution in [3.05, 3.63) is 70.5 Å². The van der Waals surface area contributed by atoms with Crippen molar-refractivity contribution in [2.24, 2.45) is 11.0 Å². The average molecular weight is 423 g/mol. The molecule has 27 heavy (non-hydrogen) atoms. The van der Waals surface area contributed by atoms with Crippen LogP contribution in [0.2, 0.25) is 0 Å². The second kappa shape index (κ2) is 7.19. The lowest BCUT2D eigenvalue weighted by atomic mass is 9.97. The van der Waals surface area contributed by atoms with Gasteiger partial charge in [0.2, 0.25) is 5.91 Å².